The average molecular weight is 470 g/mol. The number of halogens is 1. The van der Waals surface area contributed by atoms with Crippen molar-refractivity contribution in [3.63, 3.8) is 0 Å². The molecule has 0 unspecified atom stereocenters. The van der Waals surface area contributed by atoms with Crippen molar-refractivity contribution in [2.24, 2.45) is 10.9 Å². The van der Waals surface area contributed by atoms with Crippen molar-refractivity contribution < 1.29 is 0 Å². The summed E-state index contributed by atoms with van der Waals surface area (Å²) >= 11 is 0. The number of hydrogen-bond donors (Lipinski definition) is 2. The number of aromatic nitrogens is 3. The van der Waals surface area contributed by atoms with Gasteiger partial charge >= 0.3 is 0 Å². The van der Waals surface area contributed by atoms with Crippen LogP contribution < -0.4 is 10.6 Å². The fraction of sp³-hybridized carbons (Fsp3) is 0.526. The largest absolute Gasteiger partial charge is 0.357 e. The van der Waals surface area contributed by atoms with Crippen molar-refractivity contribution in [1.82, 2.24) is 25.4 Å². The van der Waals surface area contributed by atoms with Gasteiger partial charge in [0, 0.05) is 13.1 Å². The Balaban J connectivity index is 0.00000338. The standard InChI is InChI=1S/C19H30N6.HI/c1-4-16(5-2)11-22-19(21-6-3)23-12-17-8-7-9-18(10-17)13-25-15-20-14-24-25;/h7-10,14-16H,4-6,11-13H2,1-3H3,(H2,21,22,23);1H. The normalized spacial score (nSPS) is 11.3. The predicted octanol–water partition coefficient (Wildman–Crippen LogP) is 3.44. The van der Waals surface area contributed by atoms with E-state index in [9.17, 15) is 0 Å². The summed E-state index contributed by atoms with van der Waals surface area (Å²) in [6, 6.07) is 8.46. The SMILES string of the molecule is CCNC(=NCc1cccc(Cn2cncn2)c1)NCC(CC)CC.I. The van der Waals surface area contributed by atoms with E-state index in [4.69, 9.17) is 4.99 Å². The molecule has 1 heterocycles. The number of nitrogens with zero attached hydrogens (tertiary/aromatic N) is 4. The van der Waals surface area contributed by atoms with Crippen molar-refractivity contribution in [1.29, 1.82) is 0 Å². The first-order valence-corrected chi connectivity index (χ1v) is 9.17. The van der Waals surface area contributed by atoms with Crippen LogP contribution >= 0.6 is 24.0 Å². The third-order valence-electron chi connectivity index (χ3n) is 4.28. The van der Waals surface area contributed by atoms with Gasteiger partial charge < -0.3 is 10.6 Å². The van der Waals surface area contributed by atoms with E-state index in [0.29, 0.717) is 12.5 Å². The maximum absolute atomic E-state index is 4.72. The second-order valence-corrected chi connectivity index (χ2v) is 6.17. The first kappa shape index (κ1) is 22.4. The van der Waals surface area contributed by atoms with Crippen LogP contribution in [0.3, 0.4) is 0 Å². The van der Waals surface area contributed by atoms with Gasteiger partial charge in [0.05, 0.1) is 13.1 Å². The van der Waals surface area contributed by atoms with Crippen LogP contribution in [0, 0.1) is 5.92 Å². The molecule has 0 aliphatic carbocycles. The second kappa shape index (κ2) is 12.7. The van der Waals surface area contributed by atoms with Gasteiger partial charge in [-0.05, 0) is 24.0 Å². The Labute approximate surface area is 173 Å². The lowest BCUT2D eigenvalue weighted by Crippen LogP contribution is -2.39. The summed E-state index contributed by atoms with van der Waals surface area (Å²) in [7, 11) is 0. The van der Waals surface area contributed by atoms with Crippen LogP contribution in [0.5, 0.6) is 0 Å². The van der Waals surface area contributed by atoms with Crippen LogP contribution in [0.2, 0.25) is 0 Å². The van der Waals surface area contributed by atoms with E-state index < -0.39 is 0 Å². The number of benzene rings is 1. The van der Waals surface area contributed by atoms with Gasteiger partial charge in [-0.1, -0.05) is 51.0 Å². The molecule has 0 saturated carbocycles. The van der Waals surface area contributed by atoms with Crippen LogP contribution in [0.1, 0.15) is 44.7 Å². The Bertz CT molecular complexity index is 637. The van der Waals surface area contributed by atoms with Gasteiger partial charge in [-0.3, -0.25) is 0 Å². The van der Waals surface area contributed by atoms with Crippen LogP contribution in [0.4, 0.5) is 0 Å². The number of nitrogens with one attached hydrogen (secondary N) is 2. The Kier molecular flexibility index (Phi) is 10.9. The van der Waals surface area contributed by atoms with Crippen LogP contribution in [0.25, 0.3) is 0 Å². The average Bonchev–Trinajstić information content (AvgIpc) is 3.13. The zero-order valence-electron chi connectivity index (χ0n) is 16.0. The molecule has 1 aromatic heterocycles. The maximum Gasteiger partial charge on any atom is 0.191 e. The highest BCUT2D eigenvalue weighted by atomic mass is 127. The highest BCUT2D eigenvalue weighted by Gasteiger charge is 2.05. The second-order valence-electron chi connectivity index (χ2n) is 6.17. The Hall–Kier alpha value is -1.64. The van der Waals surface area contributed by atoms with Crippen LogP contribution in [-0.4, -0.2) is 33.8 Å². The minimum atomic E-state index is 0. The Morgan fingerprint density at radius 3 is 2.58 bits per heavy atom. The number of rotatable bonds is 9. The summed E-state index contributed by atoms with van der Waals surface area (Å²) in [5.74, 6) is 1.57. The fourth-order valence-electron chi connectivity index (χ4n) is 2.66. The van der Waals surface area contributed by atoms with Crippen molar-refractivity contribution in [2.45, 2.75) is 46.7 Å². The maximum atomic E-state index is 4.72. The van der Waals surface area contributed by atoms with E-state index in [1.165, 1.54) is 24.0 Å². The third kappa shape index (κ3) is 7.72. The van der Waals surface area contributed by atoms with Crippen molar-refractivity contribution >= 4 is 29.9 Å². The van der Waals surface area contributed by atoms with Gasteiger partial charge in [-0.25, -0.2) is 14.7 Å². The molecule has 0 amide bonds. The Morgan fingerprint density at radius 1 is 1.15 bits per heavy atom. The number of hydrogen-bond acceptors (Lipinski definition) is 3. The summed E-state index contributed by atoms with van der Waals surface area (Å²) in [4.78, 5) is 8.70. The third-order valence-corrected chi connectivity index (χ3v) is 4.28. The van der Waals surface area contributed by atoms with Crippen molar-refractivity contribution in [2.75, 3.05) is 13.1 Å². The Morgan fingerprint density at radius 2 is 1.92 bits per heavy atom. The summed E-state index contributed by atoms with van der Waals surface area (Å²) < 4.78 is 1.82. The molecule has 0 aliphatic rings. The van der Waals surface area contributed by atoms with Crippen LogP contribution in [-0.2, 0) is 13.1 Å². The van der Waals surface area contributed by atoms with Gasteiger partial charge in [0.2, 0.25) is 0 Å². The quantitative estimate of drug-likeness (QED) is 0.335. The van der Waals surface area contributed by atoms with Gasteiger partial charge in [-0.2, -0.15) is 5.10 Å². The first-order valence-electron chi connectivity index (χ1n) is 9.17. The molecular formula is C19H31IN6. The molecule has 1 aromatic carbocycles. The van der Waals surface area contributed by atoms with E-state index in [-0.39, 0.29) is 24.0 Å². The number of guanidine groups is 1. The molecule has 7 heteroatoms. The van der Waals surface area contributed by atoms with Crippen LogP contribution in [0.15, 0.2) is 41.9 Å². The molecule has 0 atom stereocenters. The summed E-state index contributed by atoms with van der Waals surface area (Å²) in [6.07, 6.45) is 5.67. The zero-order chi connectivity index (χ0) is 17.9. The molecule has 2 N–H and O–H groups in total. The molecule has 2 aromatic rings. The molecule has 26 heavy (non-hydrogen) atoms. The fourth-order valence-corrected chi connectivity index (χ4v) is 2.66. The van der Waals surface area contributed by atoms with Gasteiger partial charge in [-0.15, -0.1) is 24.0 Å². The molecule has 6 nitrogen and oxygen atoms in total. The summed E-state index contributed by atoms with van der Waals surface area (Å²) in [5.41, 5.74) is 2.39. The molecule has 0 bridgehead atoms. The number of aliphatic imine (C=N–C) groups is 1. The van der Waals surface area contributed by atoms with E-state index >= 15 is 0 Å². The lowest BCUT2D eigenvalue weighted by atomic mass is 10.0. The van der Waals surface area contributed by atoms with Crippen molar-refractivity contribution in [3.8, 4) is 0 Å². The van der Waals surface area contributed by atoms with Gasteiger partial charge in [0.1, 0.15) is 12.7 Å². The topological polar surface area (TPSA) is 67.1 Å². The van der Waals surface area contributed by atoms with E-state index in [1.54, 1.807) is 12.7 Å². The van der Waals surface area contributed by atoms with E-state index in [2.05, 4.69) is 65.8 Å². The molecule has 2 rings (SSSR count). The molecular weight excluding hydrogens is 439 g/mol. The lowest BCUT2D eigenvalue weighted by molar-refractivity contribution is 0.481. The summed E-state index contributed by atoms with van der Waals surface area (Å²) in [6.45, 7) is 9.77. The smallest absolute Gasteiger partial charge is 0.191 e. The molecule has 0 radical (unpaired) electrons. The molecule has 0 fully saturated rings. The molecule has 0 aliphatic heterocycles. The van der Waals surface area contributed by atoms with Gasteiger partial charge in [0.25, 0.3) is 0 Å². The van der Waals surface area contributed by atoms with Crippen molar-refractivity contribution in [3.05, 3.63) is 48.0 Å². The minimum absolute atomic E-state index is 0. The molecule has 0 saturated heterocycles. The summed E-state index contributed by atoms with van der Waals surface area (Å²) in [5, 5.41) is 10.9. The zero-order valence-corrected chi connectivity index (χ0v) is 18.3. The highest BCUT2D eigenvalue weighted by molar-refractivity contribution is 14.0. The molecule has 144 valence electrons. The van der Waals surface area contributed by atoms with Gasteiger partial charge in [0.15, 0.2) is 5.96 Å². The predicted molar refractivity (Wildman–Crippen MR) is 118 cm³/mol. The lowest BCUT2D eigenvalue weighted by Gasteiger charge is -2.16. The monoisotopic (exact) mass is 470 g/mol. The highest BCUT2D eigenvalue weighted by Crippen LogP contribution is 2.08. The minimum Gasteiger partial charge on any atom is -0.357 e. The molecule has 0 spiro atoms. The van der Waals surface area contributed by atoms with E-state index in [1.807, 2.05) is 4.68 Å². The first-order chi connectivity index (χ1) is 12.2. The van der Waals surface area contributed by atoms with E-state index in [0.717, 1.165) is 25.6 Å².